The quantitative estimate of drug-likeness (QED) is 0.644. The van der Waals surface area contributed by atoms with Crippen LogP contribution in [0.5, 0.6) is 0 Å². The van der Waals surface area contributed by atoms with Crippen LogP contribution in [0, 0.1) is 5.92 Å². The predicted molar refractivity (Wildman–Crippen MR) is 52.3 cm³/mol. The number of methoxy groups -OCH3 is 1. The minimum Gasteiger partial charge on any atom is -0.380 e. The summed E-state index contributed by atoms with van der Waals surface area (Å²) in [5.74, 6) is 0.0525. The minimum absolute atomic E-state index is 0.0308. The summed E-state index contributed by atoms with van der Waals surface area (Å²) in [4.78, 5) is 11.3. The summed E-state index contributed by atoms with van der Waals surface area (Å²) >= 11 is 0. The van der Waals surface area contributed by atoms with Gasteiger partial charge in [0, 0.05) is 13.7 Å². The molecule has 1 amide bonds. The van der Waals surface area contributed by atoms with E-state index in [-0.39, 0.29) is 17.9 Å². The normalized spacial score (nSPS) is 15.5. The highest BCUT2D eigenvalue weighted by Gasteiger charge is 2.16. The van der Waals surface area contributed by atoms with Crippen LogP contribution in [0.25, 0.3) is 0 Å². The van der Waals surface area contributed by atoms with Gasteiger partial charge in [0.25, 0.3) is 0 Å². The van der Waals surface area contributed by atoms with Gasteiger partial charge in [0.2, 0.25) is 5.91 Å². The largest absolute Gasteiger partial charge is 0.380 e. The molecule has 0 spiro atoms. The number of nitrogens with one attached hydrogen (secondary N) is 1. The summed E-state index contributed by atoms with van der Waals surface area (Å²) in [5.41, 5.74) is 5.63. The first-order valence-electron chi connectivity index (χ1n) is 4.55. The number of rotatable bonds is 5. The Hall–Kier alpha value is -0.610. The Morgan fingerprint density at radius 3 is 2.38 bits per heavy atom. The molecule has 0 aliphatic rings. The molecule has 2 atom stereocenters. The van der Waals surface area contributed by atoms with Gasteiger partial charge in [0.1, 0.15) is 0 Å². The predicted octanol–water partition coefficient (Wildman–Crippen LogP) is 0.121. The van der Waals surface area contributed by atoms with Gasteiger partial charge in [-0.3, -0.25) is 4.79 Å². The molecule has 13 heavy (non-hydrogen) atoms. The van der Waals surface area contributed by atoms with E-state index in [9.17, 15) is 4.79 Å². The zero-order valence-electron chi connectivity index (χ0n) is 8.83. The zero-order chi connectivity index (χ0) is 10.4. The Morgan fingerprint density at radius 1 is 1.46 bits per heavy atom. The molecule has 0 aromatic rings. The summed E-state index contributed by atoms with van der Waals surface area (Å²) in [6.07, 6.45) is 0.0308. The number of hydrogen-bond acceptors (Lipinski definition) is 3. The first-order valence-corrected chi connectivity index (χ1v) is 4.55. The SMILES string of the molecule is COC(C)CNC(=O)[C@H](N)C(C)C. The van der Waals surface area contributed by atoms with Crippen molar-refractivity contribution in [1.29, 1.82) is 0 Å². The van der Waals surface area contributed by atoms with Crippen LogP contribution >= 0.6 is 0 Å². The van der Waals surface area contributed by atoms with Gasteiger partial charge in [-0.15, -0.1) is 0 Å². The highest BCUT2D eigenvalue weighted by molar-refractivity contribution is 5.81. The van der Waals surface area contributed by atoms with E-state index in [1.54, 1.807) is 7.11 Å². The zero-order valence-corrected chi connectivity index (χ0v) is 8.83. The second-order valence-corrected chi connectivity index (χ2v) is 3.56. The Kier molecular flexibility index (Phi) is 5.66. The van der Waals surface area contributed by atoms with Crippen LogP contribution in [-0.4, -0.2) is 31.7 Å². The van der Waals surface area contributed by atoms with Gasteiger partial charge in [-0.1, -0.05) is 13.8 Å². The van der Waals surface area contributed by atoms with Gasteiger partial charge >= 0.3 is 0 Å². The van der Waals surface area contributed by atoms with Crippen molar-refractivity contribution in [1.82, 2.24) is 5.32 Å². The lowest BCUT2D eigenvalue weighted by Crippen LogP contribution is -2.45. The van der Waals surface area contributed by atoms with E-state index in [1.807, 2.05) is 20.8 Å². The molecule has 3 N–H and O–H groups in total. The first kappa shape index (κ1) is 12.4. The second kappa shape index (κ2) is 5.94. The van der Waals surface area contributed by atoms with Crippen molar-refractivity contribution < 1.29 is 9.53 Å². The van der Waals surface area contributed by atoms with Crippen molar-refractivity contribution in [3.8, 4) is 0 Å². The number of ether oxygens (including phenoxy) is 1. The Morgan fingerprint density at radius 2 is 2.00 bits per heavy atom. The van der Waals surface area contributed by atoms with E-state index >= 15 is 0 Å². The highest BCUT2D eigenvalue weighted by atomic mass is 16.5. The molecule has 4 heteroatoms. The van der Waals surface area contributed by atoms with E-state index in [0.29, 0.717) is 6.54 Å². The molecule has 0 aliphatic carbocycles. The van der Waals surface area contributed by atoms with E-state index in [0.717, 1.165) is 0 Å². The van der Waals surface area contributed by atoms with Crippen molar-refractivity contribution in [3.63, 3.8) is 0 Å². The molecular weight excluding hydrogens is 168 g/mol. The van der Waals surface area contributed by atoms with Crippen molar-refractivity contribution in [3.05, 3.63) is 0 Å². The molecule has 0 radical (unpaired) electrons. The monoisotopic (exact) mass is 188 g/mol. The van der Waals surface area contributed by atoms with Gasteiger partial charge in [0.05, 0.1) is 12.1 Å². The van der Waals surface area contributed by atoms with E-state index in [1.165, 1.54) is 0 Å². The Bertz CT molecular complexity index is 160. The number of nitrogens with two attached hydrogens (primary N) is 1. The molecule has 0 rings (SSSR count). The van der Waals surface area contributed by atoms with Crippen LogP contribution in [0.1, 0.15) is 20.8 Å². The summed E-state index contributed by atoms with van der Waals surface area (Å²) in [7, 11) is 1.61. The van der Waals surface area contributed by atoms with Crippen LogP contribution < -0.4 is 11.1 Å². The molecule has 0 fully saturated rings. The molecule has 0 saturated heterocycles. The number of carbonyl (C=O) groups is 1. The molecule has 4 nitrogen and oxygen atoms in total. The fourth-order valence-corrected chi connectivity index (χ4v) is 0.748. The molecule has 0 bridgehead atoms. The fourth-order valence-electron chi connectivity index (χ4n) is 0.748. The third kappa shape index (κ3) is 4.85. The standard InChI is InChI=1S/C9H20N2O2/c1-6(2)8(10)9(12)11-5-7(3)13-4/h6-8H,5,10H2,1-4H3,(H,11,12)/t7?,8-/m1/s1. The molecule has 0 heterocycles. The van der Waals surface area contributed by atoms with Crippen LogP contribution in [-0.2, 0) is 9.53 Å². The average molecular weight is 188 g/mol. The highest BCUT2D eigenvalue weighted by Crippen LogP contribution is 1.97. The molecule has 0 aromatic heterocycles. The number of amides is 1. The smallest absolute Gasteiger partial charge is 0.237 e. The number of hydrogen-bond donors (Lipinski definition) is 2. The van der Waals surface area contributed by atoms with Gasteiger partial charge in [-0.05, 0) is 12.8 Å². The first-order chi connectivity index (χ1) is 5.99. The fraction of sp³-hybridized carbons (Fsp3) is 0.889. The molecule has 78 valence electrons. The maximum Gasteiger partial charge on any atom is 0.237 e. The molecule has 1 unspecified atom stereocenters. The topological polar surface area (TPSA) is 64.3 Å². The van der Waals surface area contributed by atoms with Gasteiger partial charge in [-0.25, -0.2) is 0 Å². The third-order valence-corrected chi connectivity index (χ3v) is 1.99. The summed E-state index contributed by atoms with van der Waals surface area (Å²) < 4.78 is 4.99. The van der Waals surface area contributed by atoms with E-state index < -0.39 is 6.04 Å². The Labute approximate surface area is 79.8 Å². The van der Waals surface area contributed by atoms with Crippen LogP contribution in [0.3, 0.4) is 0 Å². The molecular formula is C9H20N2O2. The third-order valence-electron chi connectivity index (χ3n) is 1.99. The minimum atomic E-state index is -0.427. The van der Waals surface area contributed by atoms with Crippen molar-refractivity contribution in [2.45, 2.75) is 32.9 Å². The van der Waals surface area contributed by atoms with E-state index in [4.69, 9.17) is 10.5 Å². The molecule has 0 saturated carbocycles. The Balaban J connectivity index is 3.74. The lowest BCUT2D eigenvalue weighted by atomic mass is 10.1. The van der Waals surface area contributed by atoms with Gasteiger partial charge < -0.3 is 15.8 Å². The maximum absolute atomic E-state index is 11.3. The molecule has 0 aliphatic heterocycles. The summed E-state index contributed by atoms with van der Waals surface area (Å²) in [5, 5.41) is 2.73. The number of carbonyl (C=O) groups excluding carboxylic acids is 1. The van der Waals surface area contributed by atoms with E-state index in [2.05, 4.69) is 5.32 Å². The summed E-state index contributed by atoms with van der Waals surface area (Å²) in [6, 6.07) is -0.427. The van der Waals surface area contributed by atoms with Crippen molar-refractivity contribution in [2.75, 3.05) is 13.7 Å². The van der Waals surface area contributed by atoms with Crippen molar-refractivity contribution >= 4 is 5.91 Å². The summed E-state index contributed by atoms with van der Waals surface area (Å²) in [6.45, 7) is 6.24. The average Bonchev–Trinajstić information content (AvgIpc) is 2.11. The van der Waals surface area contributed by atoms with Crippen LogP contribution in [0.15, 0.2) is 0 Å². The van der Waals surface area contributed by atoms with Gasteiger partial charge in [-0.2, -0.15) is 0 Å². The van der Waals surface area contributed by atoms with Gasteiger partial charge in [0.15, 0.2) is 0 Å². The van der Waals surface area contributed by atoms with Crippen molar-refractivity contribution in [2.24, 2.45) is 11.7 Å². The lowest BCUT2D eigenvalue weighted by Gasteiger charge is -2.17. The van der Waals surface area contributed by atoms with Crippen LogP contribution in [0.4, 0.5) is 0 Å². The molecule has 0 aromatic carbocycles. The lowest BCUT2D eigenvalue weighted by molar-refractivity contribution is -0.123. The maximum atomic E-state index is 11.3. The second-order valence-electron chi connectivity index (χ2n) is 3.56. The van der Waals surface area contributed by atoms with Crippen LogP contribution in [0.2, 0.25) is 0 Å².